The van der Waals surface area contributed by atoms with Crippen molar-refractivity contribution in [2.24, 2.45) is 0 Å². The van der Waals surface area contributed by atoms with Gasteiger partial charge in [0.25, 0.3) is 5.56 Å². The summed E-state index contributed by atoms with van der Waals surface area (Å²) >= 11 is 0. The highest BCUT2D eigenvalue weighted by atomic mass is 16.5. The van der Waals surface area contributed by atoms with Crippen LogP contribution < -0.4 is 10.9 Å². The number of benzene rings is 1. The molecular weight excluding hydrogens is 490 g/mol. The molecule has 1 saturated carbocycles. The third-order valence-corrected chi connectivity index (χ3v) is 8.24. The van der Waals surface area contributed by atoms with Crippen LogP contribution in [0.5, 0.6) is 0 Å². The molecule has 9 heteroatoms. The molecule has 5 heterocycles. The lowest BCUT2D eigenvalue weighted by atomic mass is 9.87. The Kier molecular flexibility index (Phi) is 5.50. The van der Waals surface area contributed by atoms with E-state index < -0.39 is 5.60 Å². The van der Waals surface area contributed by atoms with Gasteiger partial charge in [0.2, 0.25) is 5.95 Å². The molecule has 3 aromatic heterocycles. The summed E-state index contributed by atoms with van der Waals surface area (Å²) in [5, 5.41) is 3.85. The molecule has 200 valence electrons. The Morgan fingerprint density at radius 1 is 1.08 bits per heavy atom. The second-order valence-corrected chi connectivity index (χ2v) is 11.6. The number of rotatable bonds is 2. The van der Waals surface area contributed by atoms with E-state index in [2.05, 4.69) is 40.4 Å². The molecule has 0 amide bonds. The first-order chi connectivity index (χ1) is 18.8. The molecule has 1 spiro atoms. The number of likely N-dealkylation sites (N-methyl/N-ethyl adjacent to an activating group) is 1. The predicted molar refractivity (Wildman–Crippen MR) is 151 cm³/mol. The number of nitrogens with one attached hydrogen (secondary N) is 1. The van der Waals surface area contributed by atoms with E-state index in [1.807, 2.05) is 44.2 Å². The van der Waals surface area contributed by atoms with E-state index in [4.69, 9.17) is 14.7 Å². The minimum atomic E-state index is -0.571. The number of aromatic nitrogens is 5. The summed E-state index contributed by atoms with van der Waals surface area (Å²) in [5.41, 5.74) is 4.71. The molecule has 7 rings (SSSR count). The smallest absolute Gasteiger partial charge is 0.278 e. The van der Waals surface area contributed by atoms with Gasteiger partial charge in [0.1, 0.15) is 11.0 Å². The highest BCUT2D eigenvalue weighted by molar-refractivity contribution is 5.77. The molecule has 0 radical (unpaired) electrons. The van der Waals surface area contributed by atoms with E-state index in [-0.39, 0.29) is 5.56 Å². The minimum absolute atomic E-state index is 0.146. The van der Waals surface area contributed by atoms with Crippen molar-refractivity contribution in [3.63, 3.8) is 0 Å². The standard InChI is InChI=1S/C30H33N7O2/c1-29(2)24-8-7-9-25(33-24)37-26-22(27(38)36(37)14-5-4-6-15-39-29)17-31-28(34-26)32-21-10-11-23-20(16-21)18-35(3)19-30(23)12-13-30/h4-5,7-11,16-17H,6,12-15,18-19H2,1-3H3,(H,31,32,34)/b5-4-. The van der Waals surface area contributed by atoms with Crippen LogP contribution in [0.15, 0.2) is 59.5 Å². The van der Waals surface area contributed by atoms with Crippen molar-refractivity contribution in [1.29, 1.82) is 0 Å². The monoisotopic (exact) mass is 523 g/mol. The Morgan fingerprint density at radius 2 is 1.95 bits per heavy atom. The fourth-order valence-electron chi connectivity index (χ4n) is 6.09. The maximum Gasteiger partial charge on any atom is 0.278 e. The van der Waals surface area contributed by atoms with Gasteiger partial charge >= 0.3 is 0 Å². The number of hydrogen-bond donors (Lipinski definition) is 1. The van der Waals surface area contributed by atoms with Crippen molar-refractivity contribution in [2.75, 3.05) is 25.5 Å². The second-order valence-electron chi connectivity index (χ2n) is 11.6. The van der Waals surface area contributed by atoms with Crippen LogP contribution in [0, 0.1) is 0 Å². The Labute approximate surface area is 227 Å². The molecule has 2 aliphatic heterocycles. The third-order valence-electron chi connectivity index (χ3n) is 8.24. The molecule has 9 nitrogen and oxygen atoms in total. The first kappa shape index (κ1) is 24.2. The Hall–Kier alpha value is -3.82. The summed E-state index contributed by atoms with van der Waals surface area (Å²) in [6, 6.07) is 12.4. The van der Waals surface area contributed by atoms with Gasteiger partial charge in [0, 0.05) is 30.4 Å². The van der Waals surface area contributed by atoms with Gasteiger partial charge in [0.15, 0.2) is 11.5 Å². The average molecular weight is 524 g/mol. The second kappa shape index (κ2) is 8.86. The van der Waals surface area contributed by atoms with Gasteiger partial charge in [0.05, 0.1) is 18.8 Å². The molecule has 4 aromatic rings. The number of hydrogen-bond acceptors (Lipinski definition) is 7. The van der Waals surface area contributed by atoms with E-state index in [1.54, 1.807) is 15.6 Å². The lowest BCUT2D eigenvalue weighted by Gasteiger charge is -2.32. The molecule has 0 atom stereocenters. The molecule has 1 aromatic carbocycles. The highest BCUT2D eigenvalue weighted by Crippen LogP contribution is 2.52. The minimum Gasteiger partial charge on any atom is -0.369 e. The number of fused-ring (bicyclic) bond motifs is 8. The van der Waals surface area contributed by atoms with Crippen LogP contribution in [0.1, 0.15) is 49.9 Å². The van der Waals surface area contributed by atoms with Gasteiger partial charge in [-0.1, -0.05) is 24.3 Å². The zero-order chi connectivity index (χ0) is 26.8. The van der Waals surface area contributed by atoms with Crippen LogP contribution in [-0.2, 0) is 28.8 Å². The molecule has 1 aliphatic carbocycles. The molecule has 39 heavy (non-hydrogen) atoms. The summed E-state index contributed by atoms with van der Waals surface area (Å²) in [6.45, 7) is 7.07. The summed E-state index contributed by atoms with van der Waals surface area (Å²) < 4.78 is 9.61. The fraction of sp³-hybridized carbons (Fsp3) is 0.400. The quantitative estimate of drug-likeness (QED) is 0.389. The largest absolute Gasteiger partial charge is 0.369 e. The van der Waals surface area contributed by atoms with Gasteiger partial charge in [-0.15, -0.1) is 0 Å². The van der Waals surface area contributed by atoms with Gasteiger partial charge < -0.3 is 15.0 Å². The highest BCUT2D eigenvalue weighted by Gasteiger charge is 2.48. The lowest BCUT2D eigenvalue weighted by Crippen LogP contribution is -2.35. The maximum absolute atomic E-state index is 13.5. The molecule has 1 N–H and O–H groups in total. The normalized spacial score (nSPS) is 20.5. The zero-order valence-corrected chi connectivity index (χ0v) is 22.6. The number of nitrogens with zero attached hydrogens (tertiary/aromatic N) is 6. The maximum atomic E-state index is 13.5. The van der Waals surface area contributed by atoms with Crippen molar-refractivity contribution < 1.29 is 4.74 Å². The summed E-state index contributed by atoms with van der Waals surface area (Å²) in [6.07, 6.45) is 8.93. The average Bonchev–Trinajstić information content (AvgIpc) is 3.62. The van der Waals surface area contributed by atoms with E-state index >= 15 is 0 Å². The molecule has 2 bridgehead atoms. The van der Waals surface area contributed by atoms with Crippen LogP contribution >= 0.6 is 0 Å². The van der Waals surface area contributed by atoms with Crippen LogP contribution in [-0.4, -0.2) is 49.4 Å². The van der Waals surface area contributed by atoms with Crippen molar-refractivity contribution in [3.8, 4) is 5.82 Å². The Bertz CT molecular complexity index is 1680. The lowest BCUT2D eigenvalue weighted by molar-refractivity contribution is -0.0224. The Morgan fingerprint density at radius 3 is 2.79 bits per heavy atom. The zero-order valence-electron chi connectivity index (χ0n) is 22.6. The van der Waals surface area contributed by atoms with E-state index in [1.165, 1.54) is 24.0 Å². The molecule has 0 saturated heterocycles. The van der Waals surface area contributed by atoms with E-state index in [0.717, 1.165) is 30.9 Å². The van der Waals surface area contributed by atoms with Crippen molar-refractivity contribution >= 4 is 22.7 Å². The van der Waals surface area contributed by atoms with E-state index in [0.29, 0.717) is 41.4 Å². The van der Waals surface area contributed by atoms with Crippen molar-refractivity contribution in [1.82, 2.24) is 29.2 Å². The topological polar surface area (TPSA) is 90.1 Å². The van der Waals surface area contributed by atoms with Crippen LogP contribution in [0.25, 0.3) is 16.9 Å². The van der Waals surface area contributed by atoms with Crippen molar-refractivity contribution in [3.05, 3.63) is 81.9 Å². The van der Waals surface area contributed by atoms with Crippen molar-refractivity contribution in [2.45, 2.75) is 57.2 Å². The first-order valence-corrected chi connectivity index (χ1v) is 13.7. The van der Waals surface area contributed by atoms with Crippen LogP contribution in [0.2, 0.25) is 0 Å². The number of allylic oxidation sites excluding steroid dienone is 1. The SMILES string of the molecule is CN1Cc2cc(Nc3ncc4c(=O)n5n(c4n3)-c3cccc(n3)C(C)(C)OCC/C=C\C5)ccc2C2(CC2)C1. The number of ether oxygens (including phenoxy) is 1. The molecule has 1 fully saturated rings. The summed E-state index contributed by atoms with van der Waals surface area (Å²) in [4.78, 5) is 30.2. The summed E-state index contributed by atoms with van der Waals surface area (Å²) in [5.74, 6) is 1.05. The van der Waals surface area contributed by atoms with Gasteiger partial charge in [-0.05, 0) is 75.5 Å². The molecule has 3 aliphatic rings. The van der Waals surface area contributed by atoms with E-state index in [9.17, 15) is 4.79 Å². The molecular formula is C30H33N7O2. The fourth-order valence-corrected chi connectivity index (χ4v) is 6.09. The Balaban J connectivity index is 1.32. The van der Waals surface area contributed by atoms with Gasteiger partial charge in [-0.25, -0.2) is 19.3 Å². The number of pyridine rings is 1. The van der Waals surface area contributed by atoms with Crippen LogP contribution in [0.4, 0.5) is 11.6 Å². The molecule has 0 unspecified atom stereocenters. The number of anilines is 2. The first-order valence-electron chi connectivity index (χ1n) is 13.7. The van der Waals surface area contributed by atoms with Gasteiger partial charge in [-0.2, -0.15) is 4.98 Å². The van der Waals surface area contributed by atoms with Gasteiger partial charge in [-0.3, -0.25) is 4.79 Å². The predicted octanol–water partition coefficient (Wildman–Crippen LogP) is 4.41. The third kappa shape index (κ3) is 4.17. The summed E-state index contributed by atoms with van der Waals surface area (Å²) in [7, 11) is 2.19. The van der Waals surface area contributed by atoms with Crippen LogP contribution in [0.3, 0.4) is 0 Å².